The van der Waals surface area contributed by atoms with Gasteiger partial charge in [-0.1, -0.05) is 182 Å². The first-order valence-corrected chi connectivity index (χ1v) is 19.1. The number of alkyl halides is 2. The maximum Gasteiger partial charge on any atom is 0.227 e. The van der Waals surface area contributed by atoms with Crippen LogP contribution >= 0.6 is 0 Å². The first kappa shape index (κ1) is 32.4. The summed E-state index contributed by atoms with van der Waals surface area (Å²) in [5.74, 6) is 0. The third-order valence-electron chi connectivity index (χ3n) is 8.32. The Hall–Kier alpha value is -5.05. The zero-order chi connectivity index (χ0) is 32.2. The zero-order valence-electron chi connectivity index (χ0n) is 25.3. The molecular weight excluding hydrogens is 607 g/mol. The molecule has 6 aromatic rings. The molecule has 0 fully saturated rings. The molecule has 46 heavy (non-hydrogen) atoms. The van der Waals surface area contributed by atoms with E-state index in [1.165, 1.54) is 0 Å². The predicted molar refractivity (Wildman–Crippen MR) is 190 cm³/mol. The van der Waals surface area contributed by atoms with Gasteiger partial charge in [0.1, 0.15) is 13.3 Å². The van der Waals surface area contributed by atoms with E-state index in [1.54, 1.807) is 0 Å². The van der Waals surface area contributed by atoms with E-state index in [2.05, 4.69) is 0 Å². The van der Waals surface area contributed by atoms with Gasteiger partial charge in [0.15, 0.2) is 10.8 Å². The second kappa shape index (κ2) is 15.3. The molecule has 2 nitrogen and oxygen atoms in total. The first-order chi connectivity index (χ1) is 22.6. The van der Waals surface area contributed by atoms with E-state index < -0.39 is 29.5 Å². The van der Waals surface area contributed by atoms with Crippen LogP contribution in [0.3, 0.4) is 0 Å². The highest BCUT2D eigenvalue weighted by Crippen LogP contribution is 2.11. The van der Waals surface area contributed by atoms with Crippen molar-refractivity contribution in [1.82, 2.24) is 0 Å². The van der Waals surface area contributed by atoms with Crippen molar-refractivity contribution < 1.29 is 18.4 Å². The Kier molecular flexibility index (Phi) is 10.8. The lowest BCUT2D eigenvalue weighted by Crippen LogP contribution is -2.73. The van der Waals surface area contributed by atoms with Crippen LogP contribution < -0.4 is 31.1 Å². The van der Waals surface area contributed by atoms with E-state index in [-0.39, 0.29) is 10.8 Å². The Balaban J connectivity index is 0.000000181. The first-order valence-electron chi connectivity index (χ1n) is 15.1. The second-order valence-corrected chi connectivity index (χ2v) is 18.4. The fourth-order valence-electron chi connectivity index (χ4n) is 6.30. The van der Waals surface area contributed by atoms with Crippen molar-refractivity contribution in [1.29, 1.82) is 0 Å². The van der Waals surface area contributed by atoms with Crippen molar-refractivity contribution in [2.45, 2.75) is 0 Å². The summed E-state index contributed by atoms with van der Waals surface area (Å²) in [5, 5.41) is 4.86. The summed E-state index contributed by atoms with van der Waals surface area (Å²) in [6.45, 7) is -1.91. The van der Waals surface area contributed by atoms with Gasteiger partial charge in [-0.2, -0.15) is 0 Å². The molecule has 0 bridgehead atoms. The van der Waals surface area contributed by atoms with Crippen LogP contribution in [-0.2, 0) is 9.59 Å². The molecular formula is C40H34F2O2Si2. The van der Waals surface area contributed by atoms with Crippen molar-refractivity contribution in [3.8, 4) is 0 Å². The van der Waals surface area contributed by atoms with Crippen LogP contribution in [0.25, 0.3) is 0 Å². The average molecular weight is 641 g/mol. The molecule has 0 aromatic heterocycles. The van der Waals surface area contributed by atoms with E-state index >= 15 is 0 Å². The van der Waals surface area contributed by atoms with Crippen LogP contribution in [0.5, 0.6) is 0 Å². The Morgan fingerprint density at radius 2 is 0.478 bits per heavy atom. The molecule has 6 aromatic carbocycles. The van der Waals surface area contributed by atoms with Crippen molar-refractivity contribution in [2.24, 2.45) is 0 Å². The summed E-state index contributed by atoms with van der Waals surface area (Å²) in [4.78, 5) is 25.8. The number of rotatable bonds is 10. The maximum atomic E-state index is 13.6. The summed E-state index contributed by atoms with van der Waals surface area (Å²) < 4.78 is 27.2. The van der Waals surface area contributed by atoms with Crippen LogP contribution in [0, 0.1) is 0 Å². The molecule has 0 saturated heterocycles. The van der Waals surface area contributed by atoms with E-state index in [1.807, 2.05) is 182 Å². The molecule has 0 amide bonds. The van der Waals surface area contributed by atoms with Crippen molar-refractivity contribution in [2.75, 3.05) is 13.3 Å². The van der Waals surface area contributed by atoms with Gasteiger partial charge in [-0.05, 0) is 31.1 Å². The van der Waals surface area contributed by atoms with Gasteiger partial charge in [0, 0.05) is 0 Å². The minimum absolute atomic E-state index is 0.318. The average Bonchev–Trinajstić information content (AvgIpc) is 3.15. The minimum Gasteiger partial charge on any atom is -0.301 e. The maximum absolute atomic E-state index is 13.6. The number of hydrogen-bond donors (Lipinski definition) is 0. The Morgan fingerprint density at radius 3 is 0.609 bits per heavy atom. The Bertz CT molecular complexity index is 1490. The Labute approximate surface area is 271 Å². The van der Waals surface area contributed by atoms with E-state index in [9.17, 15) is 18.4 Å². The monoisotopic (exact) mass is 640 g/mol. The molecule has 0 spiro atoms. The molecule has 0 unspecified atom stereocenters. The van der Waals surface area contributed by atoms with Crippen LogP contribution in [0.1, 0.15) is 0 Å². The molecule has 0 radical (unpaired) electrons. The fraction of sp³-hybridized carbons (Fsp3) is 0.0500. The molecule has 0 N–H and O–H groups in total. The van der Waals surface area contributed by atoms with Gasteiger partial charge >= 0.3 is 0 Å². The number of carbonyl (C=O) groups is 2. The number of carbonyl (C=O) groups excluding carboxylic acids is 2. The van der Waals surface area contributed by atoms with E-state index in [4.69, 9.17) is 0 Å². The SMILES string of the molecule is O=C(CF)[Si](c1ccccc1)(c1ccccc1)c1ccccc1.O=C(CF)[Si](c1ccccc1)(c1ccccc1)c1ccccc1. The summed E-state index contributed by atoms with van der Waals surface area (Å²) in [7, 11) is -6.08. The van der Waals surface area contributed by atoms with Gasteiger partial charge in [-0.25, -0.2) is 8.78 Å². The largest absolute Gasteiger partial charge is 0.301 e. The molecule has 0 saturated carbocycles. The van der Waals surface area contributed by atoms with Crippen molar-refractivity contribution in [3.63, 3.8) is 0 Å². The zero-order valence-corrected chi connectivity index (χ0v) is 27.3. The van der Waals surface area contributed by atoms with Crippen LogP contribution in [0.2, 0.25) is 0 Å². The third kappa shape index (κ3) is 6.22. The van der Waals surface area contributed by atoms with Crippen LogP contribution in [-0.4, -0.2) is 40.3 Å². The molecule has 0 atom stereocenters. The van der Waals surface area contributed by atoms with Gasteiger partial charge in [0.25, 0.3) is 0 Å². The summed E-state index contributed by atoms with van der Waals surface area (Å²) in [6.07, 6.45) is 0. The lowest BCUT2D eigenvalue weighted by Gasteiger charge is -2.31. The lowest BCUT2D eigenvalue weighted by molar-refractivity contribution is -0.113. The quantitative estimate of drug-likeness (QED) is 0.164. The highest BCUT2D eigenvalue weighted by atomic mass is 28.3. The predicted octanol–water partition coefficient (Wildman–Crippen LogP) is 4.47. The van der Waals surface area contributed by atoms with Crippen molar-refractivity contribution in [3.05, 3.63) is 182 Å². The van der Waals surface area contributed by atoms with E-state index in [0.29, 0.717) is 0 Å². The van der Waals surface area contributed by atoms with Gasteiger partial charge < -0.3 is 9.59 Å². The molecule has 0 aliphatic carbocycles. The minimum atomic E-state index is -3.04. The summed E-state index contributed by atoms with van der Waals surface area (Å²) in [5.41, 5.74) is 0. The molecule has 0 aliphatic heterocycles. The Morgan fingerprint density at radius 1 is 0.326 bits per heavy atom. The second-order valence-electron chi connectivity index (χ2n) is 10.8. The van der Waals surface area contributed by atoms with Gasteiger partial charge in [-0.15, -0.1) is 0 Å². The molecule has 0 heterocycles. The summed E-state index contributed by atoms with van der Waals surface area (Å²) in [6, 6.07) is 57.8. The van der Waals surface area contributed by atoms with Gasteiger partial charge in [0.2, 0.25) is 16.1 Å². The molecule has 0 aliphatic rings. The lowest BCUT2D eigenvalue weighted by atomic mass is 10.3. The number of benzene rings is 6. The molecule has 228 valence electrons. The normalized spacial score (nSPS) is 11.2. The van der Waals surface area contributed by atoms with Crippen LogP contribution in [0.4, 0.5) is 8.78 Å². The molecule has 6 heteroatoms. The fourth-order valence-corrected chi connectivity index (χ4v) is 14.8. The summed E-state index contributed by atoms with van der Waals surface area (Å²) >= 11 is 0. The van der Waals surface area contributed by atoms with Gasteiger partial charge in [0.05, 0.1) is 0 Å². The van der Waals surface area contributed by atoms with Crippen molar-refractivity contribution >= 4 is 58.1 Å². The topological polar surface area (TPSA) is 34.1 Å². The molecule has 6 rings (SSSR count). The standard InChI is InChI=1S/2C20H17FOSi/c2*21-16-20(22)23(17-10-4-1-5-11-17,18-12-6-2-7-13-18)19-14-8-3-9-15-19/h2*1-15H,16H2. The highest BCUT2D eigenvalue weighted by molar-refractivity contribution is 7.30. The number of hydrogen-bond acceptors (Lipinski definition) is 2. The number of halogens is 2. The van der Waals surface area contributed by atoms with Gasteiger partial charge in [-0.3, -0.25) is 0 Å². The third-order valence-corrected chi connectivity index (χ3v) is 17.5. The van der Waals surface area contributed by atoms with E-state index in [0.717, 1.165) is 31.1 Å². The van der Waals surface area contributed by atoms with Crippen LogP contribution in [0.15, 0.2) is 182 Å². The highest BCUT2D eigenvalue weighted by Gasteiger charge is 2.47. The smallest absolute Gasteiger partial charge is 0.227 e.